The van der Waals surface area contributed by atoms with Gasteiger partial charge in [0.05, 0.1) is 17.9 Å². The number of carbonyl (C=O) groups is 1. The summed E-state index contributed by atoms with van der Waals surface area (Å²) in [5.41, 5.74) is 0.881. The molecule has 8 heteroatoms. The van der Waals surface area contributed by atoms with Crippen LogP contribution in [0.5, 0.6) is 0 Å². The van der Waals surface area contributed by atoms with Gasteiger partial charge in [-0.3, -0.25) is 5.32 Å². The summed E-state index contributed by atoms with van der Waals surface area (Å²) in [5.74, 6) is 1.39. The lowest BCUT2D eigenvalue weighted by Gasteiger charge is -2.19. The summed E-state index contributed by atoms with van der Waals surface area (Å²) in [6.07, 6.45) is 8.16. The number of nitrogens with zero attached hydrogens (tertiary/aromatic N) is 5. The van der Waals surface area contributed by atoms with Gasteiger partial charge < -0.3 is 9.88 Å². The summed E-state index contributed by atoms with van der Waals surface area (Å²) in [4.78, 5) is 12.5. The Kier molecular flexibility index (Phi) is 4.86. The van der Waals surface area contributed by atoms with Crippen molar-refractivity contribution in [2.75, 3.05) is 5.32 Å². The third kappa shape index (κ3) is 3.69. The number of carbonyl (C=O) groups excluding carboxylic acids is 1. The molecule has 1 aliphatic carbocycles. The Balaban J connectivity index is 1.44. The highest BCUT2D eigenvalue weighted by Gasteiger charge is 2.23. The van der Waals surface area contributed by atoms with Crippen molar-refractivity contribution in [1.29, 1.82) is 0 Å². The molecule has 0 saturated heterocycles. The molecule has 2 heterocycles. The Bertz CT molecular complexity index is 896. The third-order valence-corrected chi connectivity index (χ3v) is 4.94. The Morgan fingerprint density at radius 3 is 2.74 bits per heavy atom. The first-order valence-corrected chi connectivity index (χ1v) is 9.29. The lowest BCUT2D eigenvalue weighted by Crippen LogP contribution is -2.33. The van der Waals surface area contributed by atoms with Crippen LogP contribution in [-0.4, -0.2) is 30.6 Å². The Hall–Kier alpha value is -3.16. The van der Waals surface area contributed by atoms with Crippen LogP contribution in [0.2, 0.25) is 0 Å². The monoisotopic (exact) mass is 365 g/mol. The number of benzene rings is 1. The van der Waals surface area contributed by atoms with Crippen LogP contribution >= 0.6 is 0 Å². The molecule has 0 bridgehead atoms. The zero-order valence-electron chi connectivity index (χ0n) is 15.2. The van der Waals surface area contributed by atoms with Crippen molar-refractivity contribution in [3.05, 3.63) is 54.7 Å². The largest absolute Gasteiger partial charge is 0.328 e. The zero-order chi connectivity index (χ0) is 18.6. The van der Waals surface area contributed by atoms with Crippen molar-refractivity contribution >= 4 is 11.8 Å². The van der Waals surface area contributed by atoms with Crippen LogP contribution in [0.3, 0.4) is 0 Å². The highest BCUT2D eigenvalue weighted by molar-refractivity contribution is 5.88. The molecule has 2 aromatic heterocycles. The quantitative estimate of drug-likeness (QED) is 0.724. The van der Waals surface area contributed by atoms with Gasteiger partial charge in [-0.2, -0.15) is 5.10 Å². The van der Waals surface area contributed by atoms with Crippen LogP contribution in [0.4, 0.5) is 10.6 Å². The van der Waals surface area contributed by atoms with Gasteiger partial charge in [0, 0.05) is 12.1 Å². The summed E-state index contributed by atoms with van der Waals surface area (Å²) in [7, 11) is 0. The first-order chi connectivity index (χ1) is 13.2. The van der Waals surface area contributed by atoms with E-state index in [0.717, 1.165) is 24.4 Å². The number of rotatable bonds is 5. The molecule has 1 unspecified atom stereocenters. The van der Waals surface area contributed by atoms with E-state index in [0.29, 0.717) is 11.9 Å². The molecule has 4 rings (SSSR count). The maximum atomic E-state index is 12.5. The van der Waals surface area contributed by atoms with Gasteiger partial charge in [-0.25, -0.2) is 9.48 Å². The van der Waals surface area contributed by atoms with E-state index in [9.17, 15) is 4.79 Å². The molecular weight excluding hydrogens is 342 g/mol. The van der Waals surface area contributed by atoms with Crippen LogP contribution in [0, 0.1) is 0 Å². The first kappa shape index (κ1) is 17.3. The molecule has 8 nitrogen and oxygen atoms in total. The van der Waals surface area contributed by atoms with Crippen molar-refractivity contribution < 1.29 is 4.79 Å². The predicted octanol–water partition coefficient (Wildman–Crippen LogP) is 3.46. The standard InChI is InChI=1S/C19H23N7O/c1-14(18-24-20-13-25(18)15-7-5-6-8-15)22-19(27)23-17-11-12-21-26(17)16-9-3-2-4-10-16/h2-4,9-15H,5-8H2,1H3,(H2,22,23,27). The van der Waals surface area contributed by atoms with E-state index in [2.05, 4.69) is 30.5 Å². The molecule has 1 saturated carbocycles. The van der Waals surface area contributed by atoms with Crippen molar-refractivity contribution in [3.8, 4) is 5.69 Å². The molecule has 2 amide bonds. The van der Waals surface area contributed by atoms with Crippen molar-refractivity contribution in [2.45, 2.75) is 44.7 Å². The van der Waals surface area contributed by atoms with Gasteiger partial charge in [0.25, 0.3) is 0 Å². The molecular formula is C19H23N7O. The second-order valence-electron chi connectivity index (χ2n) is 6.82. The van der Waals surface area contributed by atoms with E-state index in [1.807, 2.05) is 37.3 Å². The van der Waals surface area contributed by atoms with Gasteiger partial charge in [0.1, 0.15) is 12.1 Å². The topological polar surface area (TPSA) is 89.7 Å². The Morgan fingerprint density at radius 2 is 1.96 bits per heavy atom. The third-order valence-electron chi connectivity index (χ3n) is 4.94. The highest BCUT2D eigenvalue weighted by atomic mass is 16.2. The fourth-order valence-electron chi connectivity index (χ4n) is 3.61. The molecule has 2 N–H and O–H groups in total. The van der Waals surface area contributed by atoms with Crippen LogP contribution in [-0.2, 0) is 0 Å². The van der Waals surface area contributed by atoms with Crippen molar-refractivity contribution in [1.82, 2.24) is 29.9 Å². The Labute approximate surface area is 157 Å². The molecule has 0 aliphatic heterocycles. The molecule has 3 aromatic rings. The van der Waals surface area contributed by atoms with Crippen LogP contribution < -0.4 is 10.6 Å². The van der Waals surface area contributed by atoms with E-state index in [4.69, 9.17) is 0 Å². The smallest absolute Gasteiger partial charge is 0.320 e. The van der Waals surface area contributed by atoms with E-state index in [1.54, 1.807) is 23.3 Å². The number of amides is 2. The minimum atomic E-state index is -0.304. The molecule has 1 fully saturated rings. The van der Waals surface area contributed by atoms with Gasteiger partial charge in [-0.15, -0.1) is 10.2 Å². The first-order valence-electron chi connectivity index (χ1n) is 9.29. The fraction of sp³-hybridized carbons (Fsp3) is 0.368. The van der Waals surface area contributed by atoms with E-state index >= 15 is 0 Å². The van der Waals surface area contributed by atoms with Gasteiger partial charge in [0.15, 0.2) is 5.82 Å². The van der Waals surface area contributed by atoms with E-state index in [1.165, 1.54) is 12.8 Å². The summed E-state index contributed by atoms with van der Waals surface area (Å²) in [6.45, 7) is 1.92. The number of hydrogen-bond acceptors (Lipinski definition) is 4. The van der Waals surface area contributed by atoms with Crippen molar-refractivity contribution in [2.24, 2.45) is 0 Å². The van der Waals surface area contributed by atoms with E-state index in [-0.39, 0.29) is 12.1 Å². The molecule has 1 atom stereocenters. The minimum absolute atomic E-state index is 0.249. The lowest BCUT2D eigenvalue weighted by atomic mass is 10.2. The molecule has 1 aromatic carbocycles. The number of para-hydroxylation sites is 1. The number of nitrogens with one attached hydrogen (secondary N) is 2. The normalized spacial score (nSPS) is 15.6. The van der Waals surface area contributed by atoms with Crippen molar-refractivity contribution in [3.63, 3.8) is 0 Å². The summed E-state index contributed by atoms with van der Waals surface area (Å²) >= 11 is 0. The lowest BCUT2D eigenvalue weighted by molar-refractivity contribution is 0.248. The summed E-state index contributed by atoms with van der Waals surface area (Å²) in [5, 5.41) is 18.4. The van der Waals surface area contributed by atoms with Gasteiger partial charge >= 0.3 is 6.03 Å². The molecule has 0 spiro atoms. The minimum Gasteiger partial charge on any atom is -0.328 e. The van der Waals surface area contributed by atoms with Gasteiger partial charge in [-0.1, -0.05) is 31.0 Å². The number of anilines is 1. The predicted molar refractivity (Wildman–Crippen MR) is 102 cm³/mol. The Morgan fingerprint density at radius 1 is 1.19 bits per heavy atom. The second-order valence-corrected chi connectivity index (χ2v) is 6.82. The average molecular weight is 365 g/mol. The SMILES string of the molecule is CC(NC(=O)Nc1ccnn1-c1ccccc1)c1nncn1C1CCCC1. The van der Waals surface area contributed by atoms with Gasteiger partial charge in [-0.05, 0) is 31.9 Å². The number of hydrogen-bond donors (Lipinski definition) is 2. The zero-order valence-corrected chi connectivity index (χ0v) is 15.2. The second kappa shape index (κ2) is 7.61. The fourth-order valence-corrected chi connectivity index (χ4v) is 3.61. The highest BCUT2D eigenvalue weighted by Crippen LogP contribution is 2.31. The molecule has 27 heavy (non-hydrogen) atoms. The number of urea groups is 1. The maximum absolute atomic E-state index is 12.5. The van der Waals surface area contributed by atoms with Crippen LogP contribution in [0.25, 0.3) is 5.69 Å². The van der Waals surface area contributed by atoms with Crippen LogP contribution in [0.15, 0.2) is 48.9 Å². The summed E-state index contributed by atoms with van der Waals surface area (Å²) in [6, 6.07) is 11.3. The molecule has 140 valence electrons. The van der Waals surface area contributed by atoms with Gasteiger partial charge in [0.2, 0.25) is 0 Å². The summed E-state index contributed by atoms with van der Waals surface area (Å²) < 4.78 is 3.79. The molecule has 1 aliphatic rings. The average Bonchev–Trinajstić information content (AvgIpc) is 3.43. The van der Waals surface area contributed by atoms with E-state index < -0.39 is 0 Å². The number of aromatic nitrogens is 5. The maximum Gasteiger partial charge on any atom is 0.320 e. The van der Waals surface area contributed by atoms with Crippen LogP contribution in [0.1, 0.15) is 50.5 Å². The molecule has 0 radical (unpaired) electrons.